The molecule has 0 amide bonds. The Labute approximate surface area is 114 Å². The number of benzene rings is 1. The van der Waals surface area contributed by atoms with Gasteiger partial charge < -0.3 is 10.1 Å². The van der Waals surface area contributed by atoms with Gasteiger partial charge in [-0.25, -0.2) is 0 Å². The van der Waals surface area contributed by atoms with E-state index in [1.54, 1.807) is 7.11 Å². The van der Waals surface area contributed by atoms with Crippen LogP contribution in [0.25, 0.3) is 0 Å². The van der Waals surface area contributed by atoms with Crippen molar-refractivity contribution in [2.24, 2.45) is 0 Å². The maximum absolute atomic E-state index is 5.16. The minimum Gasteiger partial charge on any atom is -0.497 e. The minimum absolute atomic E-state index is 0.358. The summed E-state index contributed by atoms with van der Waals surface area (Å²) in [6.45, 7) is 4.22. The molecule has 1 aromatic heterocycles. The summed E-state index contributed by atoms with van der Waals surface area (Å²) in [7, 11) is 1.68. The number of pyridine rings is 1. The van der Waals surface area contributed by atoms with Crippen molar-refractivity contribution >= 4 is 5.69 Å². The topological polar surface area (TPSA) is 34.1 Å². The summed E-state index contributed by atoms with van der Waals surface area (Å²) in [5.41, 5.74) is 3.53. The molecule has 2 aromatic rings. The maximum Gasteiger partial charge on any atom is 0.118 e. The second-order valence-electron chi connectivity index (χ2n) is 4.85. The molecule has 0 radical (unpaired) electrons. The monoisotopic (exact) mass is 256 g/mol. The van der Waals surface area contributed by atoms with Crippen LogP contribution in [-0.4, -0.2) is 18.1 Å². The van der Waals surface area contributed by atoms with Crippen molar-refractivity contribution in [3.05, 3.63) is 53.9 Å². The Balaban J connectivity index is 1.95. The molecule has 1 atom stereocenters. The molecule has 1 heterocycles. The lowest BCUT2D eigenvalue weighted by Crippen LogP contribution is -2.18. The van der Waals surface area contributed by atoms with Gasteiger partial charge in [-0.05, 0) is 49.6 Å². The summed E-state index contributed by atoms with van der Waals surface area (Å²) in [4.78, 5) is 4.19. The van der Waals surface area contributed by atoms with Crippen LogP contribution in [0.4, 0.5) is 5.69 Å². The van der Waals surface area contributed by atoms with Crippen LogP contribution >= 0.6 is 0 Å². The molecule has 100 valence electrons. The third kappa shape index (κ3) is 3.98. The Bertz CT molecular complexity index is 523. The number of aromatic nitrogens is 1. The Morgan fingerprint density at radius 1 is 1.21 bits per heavy atom. The van der Waals surface area contributed by atoms with Crippen molar-refractivity contribution in [1.29, 1.82) is 0 Å². The zero-order valence-electron chi connectivity index (χ0n) is 11.7. The number of nitrogens with zero attached hydrogens (tertiary/aromatic N) is 1. The first kappa shape index (κ1) is 13.4. The zero-order chi connectivity index (χ0) is 13.7. The van der Waals surface area contributed by atoms with Crippen molar-refractivity contribution in [3.8, 4) is 5.75 Å². The van der Waals surface area contributed by atoms with Crippen LogP contribution < -0.4 is 10.1 Å². The summed E-state index contributed by atoms with van der Waals surface area (Å²) in [5.74, 6) is 0.896. The summed E-state index contributed by atoms with van der Waals surface area (Å²) in [6.07, 6.45) is 4.69. The smallest absolute Gasteiger partial charge is 0.118 e. The van der Waals surface area contributed by atoms with Gasteiger partial charge in [0, 0.05) is 18.4 Å². The second-order valence-corrected chi connectivity index (χ2v) is 4.85. The van der Waals surface area contributed by atoms with E-state index in [-0.39, 0.29) is 0 Å². The van der Waals surface area contributed by atoms with Gasteiger partial charge in [0.05, 0.1) is 12.8 Å². The lowest BCUT2D eigenvalue weighted by molar-refractivity contribution is 0.414. The van der Waals surface area contributed by atoms with Crippen LogP contribution in [0.1, 0.15) is 18.1 Å². The maximum atomic E-state index is 5.16. The quantitative estimate of drug-likeness (QED) is 0.889. The van der Waals surface area contributed by atoms with Gasteiger partial charge >= 0.3 is 0 Å². The predicted octanol–water partition coefficient (Wildman–Crippen LogP) is 3.44. The molecule has 1 unspecified atom stereocenters. The number of ether oxygens (including phenoxy) is 1. The third-order valence-corrected chi connectivity index (χ3v) is 2.99. The first-order valence-corrected chi connectivity index (χ1v) is 6.48. The molecular weight excluding hydrogens is 236 g/mol. The van der Waals surface area contributed by atoms with Crippen LogP contribution in [0.15, 0.2) is 42.7 Å². The molecule has 2 rings (SSSR count). The molecule has 1 N–H and O–H groups in total. The SMILES string of the molecule is COc1ccc(CC(C)Nc2cncc(C)c2)cc1. The van der Waals surface area contributed by atoms with Crippen molar-refractivity contribution < 1.29 is 4.74 Å². The average molecular weight is 256 g/mol. The molecule has 0 fully saturated rings. The van der Waals surface area contributed by atoms with E-state index in [1.165, 1.54) is 11.1 Å². The molecule has 1 aromatic carbocycles. The molecule has 0 bridgehead atoms. The lowest BCUT2D eigenvalue weighted by atomic mass is 10.1. The Hall–Kier alpha value is -2.03. The fourth-order valence-electron chi connectivity index (χ4n) is 2.08. The van der Waals surface area contributed by atoms with E-state index in [0.717, 1.165) is 17.9 Å². The third-order valence-electron chi connectivity index (χ3n) is 2.99. The summed E-state index contributed by atoms with van der Waals surface area (Å²) < 4.78 is 5.16. The molecule has 0 aliphatic rings. The van der Waals surface area contributed by atoms with Gasteiger partial charge in [-0.15, -0.1) is 0 Å². The molecule has 19 heavy (non-hydrogen) atoms. The van der Waals surface area contributed by atoms with Crippen molar-refractivity contribution in [1.82, 2.24) is 4.98 Å². The van der Waals surface area contributed by atoms with Crippen molar-refractivity contribution in [2.45, 2.75) is 26.3 Å². The van der Waals surface area contributed by atoms with Gasteiger partial charge in [-0.1, -0.05) is 12.1 Å². The number of hydrogen-bond donors (Lipinski definition) is 1. The summed E-state index contributed by atoms with van der Waals surface area (Å²) in [5, 5.41) is 3.47. The standard InChI is InChI=1S/C16H20N2O/c1-12-8-15(11-17-10-12)18-13(2)9-14-4-6-16(19-3)7-5-14/h4-8,10-11,13,18H,9H2,1-3H3. The molecule has 3 heteroatoms. The van der Waals surface area contributed by atoms with Crippen molar-refractivity contribution in [2.75, 3.05) is 12.4 Å². The second kappa shape index (κ2) is 6.23. The van der Waals surface area contributed by atoms with E-state index >= 15 is 0 Å². The molecular formula is C16H20N2O. The van der Waals surface area contributed by atoms with Crippen LogP contribution in [-0.2, 0) is 6.42 Å². The van der Waals surface area contributed by atoms with E-state index in [1.807, 2.05) is 31.5 Å². The highest BCUT2D eigenvalue weighted by Crippen LogP contribution is 2.15. The first-order valence-electron chi connectivity index (χ1n) is 6.48. The lowest BCUT2D eigenvalue weighted by Gasteiger charge is -2.15. The predicted molar refractivity (Wildman–Crippen MR) is 78.8 cm³/mol. The van der Waals surface area contributed by atoms with Gasteiger partial charge in [0.25, 0.3) is 0 Å². The first-order chi connectivity index (χ1) is 9.17. The van der Waals surface area contributed by atoms with E-state index in [9.17, 15) is 0 Å². The fourth-order valence-corrected chi connectivity index (χ4v) is 2.08. The fraction of sp³-hybridized carbons (Fsp3) is 0.312. The van der Waals surface area contributed by atoms with E-state index in [4.69, 9.17) is 4.74 Å². The highest BCUT2D eigenvalue weighted by molar-refractivity contribution is 5.43. The molecule has 0 aliphatic carbocycles. The van der Waals surface area contributed by atoms with E-state index in [0.29, 0.717) is 6.04 Å². The van der Waals surface area contributed by atoms with Crippen LogP contribution in [0.3, 0.4) is 0 Å². The summed E-state index contributed by atoms with van der Waals surface area (Å²) >= 11 is 0. The van der Waals surface area contributed by atoms with Crippen LogP contribution in [0.2, 0.25) is 0 Å². The number of methoxy groups -OCH3 is 1. The molecule has 3 nitrogen and oxygen atoms in total. The van der Waals surface area contributed by atoms with E-state index < -0.39 is 0 Å². The molecule has 0 spiro atoms. The summed E-state index contributed by atoms with van der Waals surface area (Å²) in [6, 6.07) is 10.7. The minimum atomic E-state index is 0.358. The number of hydrogen-bond acceptors (Lipinski definition) is 3. The van der Waals surface area contributed by atoms with Crippen LogP contribution in [0.5, 0.6) is 5.75 Å². The van der Waals surface area contributed by atoms with Crippen LogP contribution in [0, 0.1) is 6.92 Å². The Morgan fingerprint density at radius 3 is 2.58 bits per heavy atom. The molecule has 0 saturated heterocycles. The highest BCUT2D eigenvalue weighted by Gasteiger charge is 2.04. The van der Waals surface area contributed by atoms with Gasteiger partial charge in [-0.3, -0.25) is 4.98 Å². The number of anilines is 1. The molecule has 0 aliphatic heterocycles. The number of rotatable bonds is 5. The van der Waals surface area contributed by atoms with E-state index in [2.05, 4.69) is 35.4 Å². The van der Waals surface area contributed by atoms with Gasteiger partial charge in [0.2, 0.25) is 0 Å². The number of nitrogens with one attached hydrogen (secondary N) is 1. The van der Waals surface area contributed by atoms with Crippen molar-refractivity contribution in [3.63, 3.8) is 0 Å². The molecule has 0 saturated carbocycles. The Morgan fingerprint density at radius 2 is 1.95 bits per heavy atom. The number of aryl methyl sites for hydroxylation is 1. The average Bonchev–Trinajstić information content (AvgIpc) is 2.39. The normalized spacial score (nSPS) is 11.9. The zero-order valence-corrected chi connectivity index (χ0v) is 11.7. The van der Waals surface area contributed by atoms with Gasteiger partial charge in [-0.2, -0.15) is 0 Å². The largest absolute Gasteiger partial charge is 0.497 e. The Kier molecular flexibility index (Phi) is 4.39. The van der Waals surface area contributed by atoms with Gasteiger partial charge in [0.1, 0.15) is 5.75 Å². The van der Waals surface area contributed by atoms with Gasteiger partial charge in [0.15, 0.2) is 0 Å². The highest BCUT2D eigenvalue weighted by atomic mass is 16.5.